The molecule has 1 N–H and O–H groups in total. The lowest BCUT2D eigenvalue weighted by molar-refractivity contribution is -0.138. The van der Waals surface area contributed by atoms with Gasteiger partial charge in [0, 0.05) is 5.69 Å². The summed E-state index contributed by atoms with van der Waals surface area (Å²) in [5.74, 6) is -0.939. The highest BCUT2D eigenvalue weighted by molar-refractivity contribution is 8.00. The van der Waals surface area contributed by atoms with Crippen LogP contribution in [0.4, 0.5) is 13.2 Å². The minimum Gasteiger partial charge on any atom is -0.337 e. The van der Waals surface area contributed by atoms with E-state index in [1.54, 1.807) is 20.8 Å². The smallest absolute Gasteiger partial charge is 0.337 e. The van der Waals surface area contributed by atoms with Gasteiger partial charge < -0.3 is 5.32 Å². The number of pyridine rings is 1. The molecule has 0 bridgehead atoms. The zero-order valence-corrected chi connectivity index (χ0v) is 15.0. The van der Waals surface area contributed by atoms with E-state index in [0.717, 1.165) is 17.8 Å². The van der Waals surface area contributed by atoms with E-state index in [-0.39, 0.29) is 22.4 Å². The van der Waals surface area contributed by atoms with Crippen LogP contribution in [-0.2, 0) is 11.0 Å². The van der Waals surface area contributed by atoms with E-state index in [9.17, 15) is 23.2 Å². The molecule has 25 heavy (non-hydrogen) atoms. The van der Waals surface area contributed by atoms with Gasteiger partial charge in [-0.25, -0.2) is 4.98 Å². The average Bonchev–Trinajstić information content (AvgIpc) is 2.51. The van der Waals surface area contributed by atoms with Crippen molar-refractivity contribution < 1.29 is 18.0 Å². The molecule has 1 rings (SSSR count). The number of hydrogen-bond acceptors (Lipinski definition) is 5. The fourth-order valence-corrected chi connectivity index (χ4v) is 2.69. The summed E-state index contributed by atoms with van der Waals surface area (Å²) < 4.78 is 39.1. The molecule has 0 aliphatic heterocycles. The molecule has 0 fully saturated rings. The monoisotopic (exact) mass is 370 g/mol. The largest absolute Gasteiger partial charge is 0.417 e. The maximum absolute atomic E-state index is 13.0. The molecule has 5 nitrogen and oxygen atoms in total. The first-order valence-corrected chi connectivity index (χ1v) is 8.27. The van der Waals surface area contributed by atoms with Crippen LogP contribution in [0.2, 0.25) is 0 Å². The molecule has 0 aliphatic rings. The Morgan fingerprint density at radius 1 is 1.40 bits per heavy atom. The summed E-state index contributed by atoms with van der Waals surface area (Å²) in [6, 6.07) is 4.32. The highest BCUT2D eigenvalue weighted by Gasteiger charge is 2.36. The normalized spacial score (nSPS) is 13.7. The van der Waals surface area contributed by atoms with Crippen molar-refractivity contribution in [2.75, 3.05) is 5.75 Å². The number of carbonyl (C=O) groups excluding carboxylic acids is 1. The van der Waals surface area contributed by atoms with Crippen molar-refractivity contribution in [2.24, 2.45) is 5.92 Å². The van der Waals surface area contributed by atoms with E-state index in [0.29, 0.717) is 0 Å². The SMILES string of the molecule is Cc1cc(C(F)(F)F)c(C#N)c(SCC(=O)NC(C)(C#N)C(C)C)n1. The number of halogens is 3. The predicted octanol–water partition coefficient (Wildman–Crippen LogP) is 3.43. The van der Waals surface area contributed by atoms with Gasteiger partial charge in [0.15, 0.2) is 0 Å². The molecular formula is C16H17F3N4OS. The molecule has 0 saturated carbocycles. The number of aryl methyl sites for hydroxylation is 1. The van der Waals surface area contributed by atoms with Crippen LogP contribution in [0, 0.1) is 35.5 Å². The number of nitrogens with one attached hydrogen (secondary N) is 1. The Morgan fingerprint density at radius 3 is 2.44 bits per heavy atom. The third kappa shape index (κ3) is 5.10. The molecule has 0 radical (unpaired) electrons. The summed E-state index contributed by atoms with van der Waals surface area (Å²) in [5.41, 5.74) is -2.68. The molecule has 1 heterocycles. The minimum absolute atomic E-state index is 0.0956. The second kappa shape index (κ2) is 7.75. The fourth-order valence-electron chi connectivity index (χ4n) is 1.84. The van der Waals surface area contributed by atoms with Crippen LogP contribution < -0.4 is 5.32 Å². The van der Waals surface area contributed by atoms with Crippen LogP contribution in [0.15, 0.2) is 11.1 Å². The Morgan fingerprint density at radius 2 is 2.00 bits per heavy atom. The molecule has 1 aromatic heterocycles. The predicted molar refractivity (Wildman–Crippen MR) is 86.4 cm³/mol. The maximum atomic E-state index is 13.0. The quantitative estimate of drug-likeness (QED) is 0.802. The lowest BCUT2D eigenvalue weighted by atomic mass is 9.90. The number of thioether (sulfide) groups is 1. The van der Waals surface area contributed by atoms with Gasteiger partial charge in [-0.15, -0.1) is 0 Å². The molecule has 0 aliphatic carbocycles. The lowest BCUT2D eigenvalue weighted by Crippen LogP contribution is -2.49. The molecule has 0 aromatic carbocycles. The third-order valence-electron chi connectivity index (χ3n) is 3.66. The van der Waals surface area contributed by atoms with Gasteiger partial charge in [0.1, 0.15) is 16.6 Å². The first kappa shape index (κ1) is 20.8. The topological polar surface area (TPSA) is 89.6 Å². The van der Waals surface area contributed by atoms with Crippen molar-refractivity contribution in [3.8, 4) is 12.1 Å². The Kier molecular flexibility index (Phi) is 6.44. The van der Waals surface area contributed by atoms with Gasteiger partial charge in [-0.3, -0.25) is 4.79 Å². The number of rotatable bonds is 5. The van der Waals surface area contributed by atoms with Crippen molar-refractivity contribution in [3.05, 3.63) is 22.9 Å². The van der Waals surface area contributed by atoms with Crippen LogP contribution in [0.1, 0.15) is 37.6 Å². The van der Waals surface area contributed by atoms with Gasteiger partial charge in [-0.2, -0.15) is 23.7 Å². The van der Waals surface area contributed by atoms with Crippen molar-refractivity contribution in [1.29, 1.82) is 10.5 Å². The molecule has 134 valence electrons. The summed E-state index contributed by atoms with van der Waals surface area (Å²) >= 11 is 0.732. The molecule has 1 aromatic rings. The van der Waals surface area contributed by atoms with E-state index >= 15 is 0 Å². The number of nitrogens with zero attached hydrogens (tertiary/aromatic N) is 3. The zero-order valence-electron chi connectivity index (χ0n) is 14.2. The first-order chi connectivity index (χ1) is 11.4. The molecule has 0 spiro atoms. The summed E-state index contributed by atoms with van der Waals surface area (Å²) in [6.07, 6.45) is -4.69. The maximum Gasteiger partial charge on any atom is 0.417 e. The molecule has 9 heteroatoms. The van der Waals surface area contributed by atoms with Gasteiger partial charge >= 0.3 is 6.18 Å². The molecular weight excluding hydrogens is 353 g/mol. The van der Waals surface area contributed by atoms with Crippen LogP contribution in [0.25, 0.3) is 0 Å². The summed E-state index contributed by atoms with van der Waals surface area (Å²) in [4.78, 5) is 16.0. The summed E-state index contributed by atoms with van der Waals surface area (Å²) in [5, 5.41) is 20.6. The van der Waals surface area contributed by atoms with Crippen molar-refractivity contribution in [1.82, 2.24) is 10.3 Å². The highest BCUT2D eigenvalue weighted by Crippen LogP contribution is 2.35. The second-order valence-electron chi connectivity index (χ2n) is 5.91. The number of carbonyl (C=O) groups is 1. The van der Waals surface area contributed by atoms with Crippen LogP contribution in [0.3, 0.4) is 0 Å². The van der Waals surface area contributed by atoms with Crippen LogP contribution in [-0.4, -0.2) is 22.2 Å². The second-order valence-corrected chi connectivity index (χ2v) is 6.87. The Labute approximate surface area is 148 Å². The highest BCUT2D eigenvalue weighted by atomic mass is 32.2. The van der Waals surface area contributed by atoms with E-state index < -0.39 is 28.7 Å². The Bertz CT molecular complexity index is 749. The number of hydrogen-bond donors (Lipinski definition) is 1. The van der Waals surface area contributed by atoms with Gasteiger partial charge in [-0.05, 0) is 25.8 Å². The number of alkyl halides is 3. The van der Waals surface area contributed by atoms with Gasteiger partial charge in [0.25, 0.3) is 0 Å². The molecule has 1 amide bonds. The van der Waals surface area contributed by atoms with E-state index in [2.05, 4.69) is 10.3 Å². The van der Waals surface area contributed by atoms with Crippen LogP contribution in [0.5, 0.6) is 0 Å². The molecule has 0 saturated heterocycles. The van der Waals surface area contributed by atoms with Gasteiger partial charge in [-0.1, -0.05) is 25.6 Å². The van der Waals surface area contributed by atoms with Gasteiger partial charge in [0.2, 0.25) is 5.91 Å². The van der Waals surface area contributed by atoms with E-state index in [1.165, 1.54) is 13.0 Å². The number of amides is 1. The third-order valence-corrected chi connectivity index (χ3v) is 4.63. The van der Waals surface area contributed by atoms with Crippen molar-refractivity contribution in [3.63, 3.8) is 0 Å². The standard InChI is InChI=1S/C16H17F3N4OS/c1-9(2)15(4,8-21)23-13(24)7-25-14-11(6-20)12(16(17,18)19)5-10(3)22-14/h5,9H,7H2,1-4H3,(H,23,24). The average molecular weight is 370 g/mol. The molecule has 1 atom stereocenters. The van der Waals surface area contributed by atoms with E-state index in [1.807, 2.05) is 6.07 Å². The number of aromatic nitrogens is 1. The number of nitriles is 2. The van der Waals surface area contributed by atoms with Crippen LogP contribution >= 0.6 is 11.8 Å². The van der Waals surface area contributed by atoms with Crippen molar-refractivity contribution >= 4 is 17.7 Å². The summed E-state index contributed by atoms with van der Waals surface area (Å²) in [7, 11) is 0. The fraction of sp³-hybridized carbons (Fsp3) is 0.500. The zero-order chi connectivity index (χ0) is 19.4. The lowest BCUT2D eigenvalue weighted by Gasteiger charge is -2.27. The molecule has 1 unspecified atom stereocenters. The summed E-state index contributed by atoms with van der Waals surface area (Å²) in [6.45, 7) is 6.48. The Balaban J connectivity index is 3.02. The minimum atomic E-state index is -4.69. The first-order valence-electron chi connectivity index (χ1n) is 7.28. The Hall–Kier alpha value is -2.26. The van der Waals surface area contributed by atoms with E-state index in [4.69, 9.17) is 5.26 Å². The van der Waals surface area contributed by atoms with Gasteiger partial charge in [0.05, 0.1) is 22.9 Å². The van der Waals surface area contributed by atoms with Crippen molar-refractivity contribution in [2.45, 2.75) is 44.4 Å².